The third-order valence-electron chi connectivity index (χ3n) is 4.05. The van der Waals surface area contributed by atoms with Gasteiger partial charge in [-0.15, -0.1) is 0 Å². The Bertz CT molecular complexity index is 978. The van der Waals surface area contributed by atoms with Crippen molar-refractivity contribution in [2.45, 2.75) is 58.0 Å². The Morgan fingerprint density at radius 3 is 2.39 bits per heavy atom. The molecule has 152 valence electrons. The van der Waals surface area contributed by atoms with Crippen LogP contribution in [-0.4, -0.2) is 20.7 Å². The maximum absolute atomic E-state index is 12.7. The van der Waals surface area contributed by atoms with Crippen LogP contribution in [0.5, 0.6) is 5.75 Å². The number of ether oxygens (including phenoxy) is 1. The summed E-state index contributed by atoms with van der Waals surface area (Å²) in [6.07, 6.45) is 1.42. The van der Waals surface area contributed by atoms with Crippen LogP contribution in [0.4, 0.5) is 0 Å². The van der Waals surface area contributed by atoms with E-state index in [1.807, 2.05) is 46.8 Å². The minimum Gasteiger partial charge on any atom is -0.489 e. The van der Waals surface area contributed by atoms with Gasteiger partial charge < -0.3 is 4.74 Å². The SMILES string of the molecule is Cc1ccc(C(C)(C)C)cc1S(=O)(=O)N/N=C/c1ccc(OC(C)C)c(Cl)c1. The first-order valence-electron chi connectivity index (χ1n) is 9.02. The lowest BCUT2D eigenvalue weighted by molar-refractivity contribution is 0.242. The molecule has 0 saturated heterocycles. The molecule has 28 heavy (non-hydrogen) atoms. The zero-order valence-corrected chi connectivity index (χ0v) is 18.6. The third-order valence-corrected chi connectivity index (χ3v) is 5.71. The Morgan fingerprint density at radius 1 is 1.14 bits per heavy atom. The Hall–Kier alpha value is -2.05. The summed E-state index contributed by atoms with van der Waals surface area (Å²) in [4.78, 5) is 2.50. The van der Waals surface area contributed by atoms with Gasteiger partial charge in [0.1, 0.15) is 5.75 Å². The number of aryl methyl sites for hydroxylation is 1. The molecule has 0 saturated carbocycles. The number of benzene rings is 2. The minimum atomic E-state index is -3.78. The highest BCUT2D eigenvalue weighted by atomic mass is 35.5. The lowest BCUT2D eigenvalue weighted by Crippen LogP contribution is -2.21. The first kappa shape index (κ1) is 22.2. The number of rotatable bonds is 6. The number of hydrogen-bond donors (Lipinski definition) is 1. The van der Waals surface area contributed by atoms with E-state index in [4.69, 9.17) is 16.3 Å². The first-order chi connectivity index (χ1) is 12.9. The molecule has 0 unspecified atom stereocenters. The molecule has 0 aromatic heterocycles. The van der Waals surface area contributed by atoms with Crippen LogP contribution in [0.2, 0.25) is 5.02 Å². The van der Waals surface area contributed by atoms with Crippen LogP contribution in [0.3, 0.4) is 0 Å². The van der Waals surface area contributed by atoms with Crippen molar-refractivity contribution in [3.8, 4) is 5.75 Å². The summed E-state index contributed by atoms with van der Waals surface area (Å²) in [5.41, 5.74) is 2.10. The molecule has 0 bridgehead atoms. The van der Waals surface area contributed by atoms with Gasteiger partial charge in [-0.05, 0) is 67.1 Å². The van der Waals surface area contributed by atoms with Gasteiger partial charge in [0, 0.05) is 0 Å². The molecule has 2 aromatic rings. The third kappa shape index (κ3) is 5.72. The maximum Gasteiger partial charge on any atom is 0.276 e. The highest BCUT2D eigenvalue weighted by Gasteiger charge is 2.21. The number of nitrogens with one attached hydrogen (secondary N) is 1. The highest BCUT2D eigenvalue weighted by Crippen LogP contribution is 2.27. The van der Waals surface area contributed by atoms with Gasteiger partial charge >= 0.3 is 0 Å². The molecule has 0 radical (unpaired) electrons. The van der Waals surface area contributed by atoms with Crippen molar-refractivity contribution in [2.24, 2.45) is 5.10 Å². The van der Waals surface area contributed by atoms with Crippen molar-refractivity contribution in [3.63, 3.8) is 0 Å². The second-order valence-electron chi connectivity index (χ2n) is 7.94. The largest absolute Gasteiger partial charge is 0.489 e. The normalized spacial score (nSPS) is 12.6. The molecule has 5 nitrogen and oxygen atoms in total. The molecule has 0 amide bonds. The highest BCUT2D eigenvalue weighted by molar-refractivity contribution is 7.89. The predicted octanol–water partition coefficient (Wildman–Crippen LogP) is 5.05. The van der Waals surface area contributed by atoms with Gasteiger partial charge in [0.15, 0.2) is 0 Å². The summed E-state index contributed by atoms with van der Waals surface area (Å²) in [6.45, 7) is 11.7. The molecule has 7 heteroatoms. The van der Waals surface area contributed by atoms with E-state index in [1.54, 1.807) is 31.2 Å². The standard InChI is InChI=1S/C21H27ClN2O3S/c1-14(2)27-19-10-8-16(11-18(19)22)13-23-24-28(25,26)20-12-17(21(4,5)6)9-7-15(20)3/h7-14,24H,1-6H3/b23-13+. The van der Waals surface area contributed by atoms with Gasteiger partial charge in [-0.3, -0.25) is 0 Å². The molecular weight excluding hydrogens is 396 g/mol. The zero-order chi connectivity index (χ0) is 21.1. The Balaban J connectivity index is 2.21. The van der Waals surface area contributed by atoms with E-state index in [2.05, 4.69) is 9.93 Å². The zero-order valence-electron chi connectivity index (χ0n) is 17.1. The lowest BCUT2D eigenvalue weighted by Gasteiger charge is -2.20. The van der Waals surface area contributed by atoms with Gasteiger partial charge in [0.05, 0.1) is 22.2 Å². The molecule has 0 atom stereocenters. The van der Waals surface area contributed by atoms with E-state index in [-0.39, 0.29) is 16.4 Å². The van der Waals surface area contributed by atoms with Crippen LogP contribution in [0.25, 0.3) is 0 Å². The molecule has 2 rings (SSSR count). The average molecular weight is 423 g/mol. The molecule has 2 aromatic carbocycles. The summed E-state index contributed by atoms with van der Waals surface area (Å²) in [6, 6.07) is 10.6. The smallest absolute Gasteiger partial charge is 0.276 e. The van der Waals surface area contributed by atoms with E-state index < -0.39 is 10.0 Å². The van der Waals surface area contributed by atoms with Crippen molar-refractivity contribution in [2.75, 3.05) is 0 Å². The Labute approximate surface area is 172 Å². The predicted molar refractivity (Wildman–Crippen MR) is 115 cm³/mol. The molecule has 0 fully saturated rings. The summed E-state index contributed by atoms with van der Waals surface area (Å²) >= 11 is 6.19. The van der Waals surface area contributed by atoms with Gasteiger partial charge in [-0.1, -0.05) is 44.5 Å². The van der Waals surface area contributed by atoms with Crippen LogP contribution in [0.1, 0.15) is 51.3 Å². The fourth-order valence-corrected chi connectivity index (χ4v) is 3.82. The van der Waals surface area contributed by atoms with Gasteiger partial charge in [0.25, 0.3) is 10.0 Å². The van der Waals surface area contributed by atoms with E-state index >= 15 is 0 Å². The topological polar surface area (TPSA) is 67.8 Å². The number of hydrazone groups is 1. The molecule has 0 heterocycles. The molecule has 0 aliphatic carbocycles. The van der Waals surface area contributed by atoms with Crippen molar-refractivity contribution in [3.05, 3.63) is 58.1 Å². The molecular formula is C21H27ClN2O3S. The van der Waals surface area contributed by atoms with Gasteiger partial charge in [-0.2, -0.15) is 13.5 Å². The fourth-order valence-electron chi connectivity index (χ4n) is 2.52. The van der Waals surface area contributed by atoms with Crippen LogP contribution >= 0.6 is 11.6 Å². The van der Waals surface area contributed by atoms with Crippen LogP contribution in [0.15, 0.2) is 46.4 Å². The molecule has 0 spiro atoms. The monoisotopic (exact) mass is 422 g/mol. The van der Waals surface area contributed by atoms with E-state index in [1.165, 1.54) is 6.21 Å². The van der Waals surface area contributed by atoms with Crippen LogP contribution < -0.4 is 9.57 Å². The number of hydrogen-bond acceptors (Lipinski definition) is 4. The molecule has 0 aliphatic rings. The van der Waals surface area contributed by atoms with E-state index in [0.717, 1.165) is 5.56 Å². The maximum atomic E-state index is 12.7. The fraction of sp³-hybridized carbons (Fsp3) is 0.381. The quantitative estimate of drug-likeness (QED) is 0.523. The minimum absolute atomic E-state index is 0.0101. The van der Waals surface area contributed by atoms with E-state index in [0.29, 0.717) is 21.9 Å². The van der Waals surface area contributed by atoms with Crippen LogP contribution in [-0.2, 0) is 15.4 Å². The van der Waals surface area contributed by atoms with Gasteiger partial charge in [0.2, 0.25) is 0 Å². The first-order valence-corrected chi connectivity index (χ1v) is 10.9. The van der Waals surface area contributed by atoms with Crippen molar-refractivity contribution < 1.29 is 13.2 Å². The van der Waals surface area contributed by atoms with E-state index in [9.17, 15) is 8.42 Å². The average Bonchev–Trinajstić information content (AvgIpc) is 2.56. The Kier molecular flexibility index (Phi) is 6.78. The van der Waals surface area contributed by atoms with Gasteiger partial charge in [-0.25, -0.2) is 4.83 Å². The number of halogens is 1. The number of sulfonamides is 1. The Morgan fingerprint density at radius 2 is 1.82 bits per heavy atom. The van der Waals surface area contributed by atoms with Crippen LogP contribution in [0, 0.1) is 6.92 Å². The second-order valence-corrected chi connectivity index (χ2v) is 9.98. The number of nitrogens with zero attached hydrogens (tertiary/aromatic N) is 1. The van der Waals surface area contributed by atoms with Crippen molar-refractivity contribution in [1.29, 1.82) is 0 Å². The second kappa shape index (κ2) is 8.53. The molecule has 1 N–H and O–H groups in total. The summed E-state index contributed by atoms with van der Waals surface area (Å²) in [5, 5.41) is 4.33. The van der Waals surface area contributed by atoms with Crippen molar-refractivity contribution in [1.82, 2.24) is 4.83 Å². The summed E-state index contributed by atoms with van der Waals surface area (Å²) in [5.74, 6) is 0.573. The van der Waals surface area contributed by atoms with Crippen molar-refractivity contribution >= 4 is 27.8 Å². The lowest BCUT2D eigenvalue weighted by atomic mass is 9.87. The summed E-state index contributed by atoms with van der Waals surface area (Å²) < 4.78 is 31.0. The molecule has 0 aliphatic heterocycles. The summed E-state index contributed by atoms with van der Waals surface area (Å²) in [7, 11) is -3.78.